The molecule has 0 saturated heterocycles. The van der Waals surface area contributed by atoms with Crippen molar-refractivity contribution >= 4 is 11.7 Å². The lowest BCUT2D eigenvalue weighted by molar-refractivity contribution is 0.0940. The quantitative estimate of drug-likeness (QED) is 0.888. The molecule has 0 fully saturated rings. The molecule has 2 rings (SSSR count). The molecule has 0 radical (unpaired) electrons. The van der Waals surface area contributed by atoms with E-state index in [-0.39, 0.29) is 17.8 Å². The largest absolute Gasteiger partial charge is 0.384 e. The molecule has 0 saturated carbocycles. The van der Waals surface area contributed by atoms with Crippen LogP contribution in [-0.4, -0.2) is 10.9 Å². The molecule has 4 nitrogen and oxygen atoms in total. The van der Waals surface area contributed by atoms with Crippen molar-refractivity contribution in [1.82, 2.24) is 10.3 Å². The number of carbonyl (C=O) groups is 1. The fourth-order valence-electron chi connectivity index (χ4n) is 1.70. The molecule has 2 aromatic rings. The fraction of sp³-hybridized carbons (Fsp3) is 0.143. The molecule has 1 atom stereocenters. The Hall–Kier alpha value is -2.43. The van der Waals surface area contributed by atoms with Crippen LogP contribution in [0.2, 0.25) is 0 Å². The number of nitrogens with zero attached hydrogens (tertiary/aromatic N) is 1. The molecule has 1 unspecified atom stereocenters. The number of hydrogen-bond acceptors (Lipinski definition) is 3. The molecule has 0 aliphatic carbocycles. The average molecular weight is 259 g/mol. The van der Waals surface area contributed by atoms with Crippen molar-refractivity contribution < 1.29 is 9.18 Å². The minimum atomic E-state index is -0.302. The monoisotopic (exact) mass is 259 g/mol. The summed E-state index contributed by atoms with van der Waals surface area (Å²) in [5.41, 5.74) is 6.80. The van der Waals surface area contributed by atoms with Crippen LogP contribution in [0, 0.1) is 5.82 Å². The predicted octanol–water partition coefficient (Wildman–Crippen LogP) is 2.29. The van der Waals surface area contributed by atoms with Crippen LogP contribution in [0.25, 0.3) is 0 Å². The third-order valence-electron chi connectivity index (χ3n) is 2.76. The molecule has 0 aliphatic rings. The van der Waals surface area contributed by atoms with E-state index in [9.17, 15) is 9.18 Å². The topological polar surface area (TPSA) is 68.0 Å². The standard InChI is InChI=1S/C14H14FN3O/c1-9(10-2-4-12(15)5-3-10)18-14(19)11-6-7-17-13(16)8-11/h2-9H,1H3,(H2,16,17)(H,18,19). The van der Waals surface area contributed by atoms with Gasteiger partial charge in [0.05, 0.1) is 6.04 Å². The summed E-state index contributed by atoms with van der Waals surface area (Å²) in [4.78, 5) is 15.8. The summed E-state index contributed by atoms with van der Waals surface area (Å²) in [6.45, 7) is 1.83. The number of halogens is 1. The second-order valence-electron chi connectivity index (χ2n) is 4.22. The maximum Gasteiger partial charge on any atom is 0.251 e. The van der Waals surface area contributed by atoms with Crippen LogP contribution in [0.15, 0.2) is 42.6 Å². The Morgan fingerprint density at radius 3 is 2.63 bits per heavy atom. The number of nitrogens with two attached hydrogens (primary N) is 1. The molecule has 0 aliphatic heterocycles. The average Bonchev–Trinajstić information content (AvgIpc) is 2.39. The maximum absolute atomic E-state index is 12.8. The summed E-state index contributed by atoms with van der Waals surface area (Å²) in [6, 6.07) is 8.88. The first kappa shape index (κ1) is 13.0. The van der Waals surface area contributed by atoms with Crippen LogP contribution in [0.4, 0.5) is 10.2 Å². The Morgan fingerprint density at radius 1 is 1.32 bits per heavy atom. The summed E-state index contributed by atoms with van der Waals surface area (Å²) in [5.74, 6) is -0.253. The number of rotatable bonds is 3. The van der Waals surface area contributed by atoms with Gasteiger partial charge in [0.25, 0.3) is 5.91 Å². The van der Waals surface area contributed by atoms with Crippen LogP contribution in [0.1, 0.15) is 28.9 Å². The first-order chi connectivity index (χ1) is 9.06. The fourth-order valence-corrected chi connectivity index (χ4v) is 1.70. The molecule has 1 aromatic carbocycles. The highest BCUT2D eigenvalue weighted by molar-refractivity contribution is 5.94. The van der Waals surface area contributed by atoms with Gasteiger partial charge in [0, 0.05) is 11.8 Å². The van der Waals surface area contributed by atoms with Crippen LogP contribution in [0.5, 0.6) is 0 Å². The van der Waals surface area contributed by atoms with Crippen molar-refractivity contribution in [1.29, 1.82) is 0 Å². The Labute approximate surface area is 110 Å². The molecule has 1 heterocycles. The van der Waals surface area contributed by atoms with Gasteiger partial charge in [0.2, 0.25) is 0 Å². The van der Waals surface area contributed by atoms with E-state index >= 15 is 0 Å². The summed E-state index contributed by atoms with van der Waals surface area (Å²) >= 11 is 0. The van der Waals surface area contributed by atoms with Crippen molar-refractivity contribution in [2.24, 2.45) is 0 Å². The molecule has 98 valence electrons. The van der Waals surface area contributed by atoms with E-state index in [1.54, 1.807) is 18.2 Å². The summed E-state index contributed by atoms with van der Waals surface area (Å²) in [5, 5.41) is 2.81. The van der Waals surface area contributed by atoms with Crippen LogP contribution in [-0.2, 0) is 0 Å². The third-order valence-corrected chi connectivity index (χ3v) is 2.76. The minimum absolute atomic E-state index is 0.220. The van der Waals surface area contributed by atoms with E-state index < -0.39 is 0 Å². The van der Waals surface area contributed by atoms with E-state index in [1.165, 1.54) is 24.4 Å². The zero-order chi connectivity index (χ0) is 13.8. The molecular formula is C14H14FN3O. The second kappa shape index (κ2) is 5.48. The van der Waals surface area contributed by atoms with Gasteiger partial charge in [-0.15, -0.1) is 0 Å². The Morgan fingerprint density at radius 2 is 2.00 bits per heavy atom. The van der Waals surface area contributed by atoms with Crippen LogP contribution >= 0.6 is 0 Å². The number of aromatic nitrogens is 1. The smallest absolute Gasteiger partial charge is 0.251 e. The molecule has 19 heavy (non-hydrogen) atoms. The summed E-state index contributed by atoms with van der Waals surface area (Å²) in [7, 11) is 0. The van der Waals surface area contributed by atoms with Crippen LogP contribution in [0.3, 0.4) is 0 Å². The zero-order valence-electron chi connectivity index (χ0n) is 10.4. The van der Waals surface area contributed by atoms with Crippen molar-refractivity contribution in [2.75, 3.05) is 5.73 Å². The predicted molar refractivity (Wildman–Crippen MR) is 70.9 cm³/mol. The number of nitrogen functional groups attached to an aromatic ring is 1. The van der Waals surface area contributed by atoms with Crippen LogP contribution < -0.4 is 11.1 Å². The van der Waals surface area contributed by atoms with E-state index in [2.05, 4.69) is 10.3 Å². The molecule has 0 spiro atoms. The number of nitrogens with one attached hydrogen (secondary N) is 1. The summed E-state index contributed by atoms with van der Waals surface area (Å²) in [6.07, 6.45) is 1.48. The highest BCUT2D eigenvalue weighted by Crippen LogP contribution is 2.14. The lowest BCUT2D eigenvalue weighted by Crippen LogP contribution is -2.26. The Balaban J connectivity index is 2.08. The summed E-state index contributed by atoms with van der Waals surface area (Å²) < 4.78 is 12.8. The highest BCUT2D eigenvalue weighted by atomic mass is 19.1. The molecule has 1 aromatic heterocycles. The molecule has 0 bridgehead atoms. The van der Waals surface area contributed by atoms with Gasteiger partial charge in [-0.25, -0.2) is 9.37 Å². The Kier molecular flexibility index (Phi) is 3.75. The number of anilines is 1. The molecule has 1 amide bonds. The van der Waals surface area contributed by atoms with E-state index in [4.69, 9.17) is 5.73 Å². The van der Waals surface area contributed by atoms with E-state index in [0.29, 0.717) is 11.4 Å². The first-order valence-corrected chi connectivity index (χ1v) is 5.84. The van der Waals surface area contributed by atoms with Gasteiger partial charge in [-0.3, -0.25) is 4.79 Å². The zero-order valence-corrected chi connectivity index (χ0v) is 10.4. The van der Waals surface area contributed by atoms with Crippen molar-refractivity contribution in [3.63, 3.8) is 0 Å². The Bertz CT molecular complexity index is 583. The second-order valence-corrected chi connectivity index (χ2v) is 4.22. The number of carbonyl (C=O) groups excluding carboxylic acids is 1. The van der Waals surface area contributed by atoms with E-state index in [0.717, 1.165) is 5.56 Å². The van der Waals surface area contributed by atoms with Gasteiger partial charge in [0.1, 0.15) is 11.6 Å². The SMILES string of the molecule is CC(NC(=O)c1ccnc(N)c1)c1ccc(F)cc1. The van der Waals surface area contributed by atoms with Gasteiger partial charge in [0.15, 0.2) is 0 Å². The van der Waals surface area contributed by atoms with Crippen molar-refractivity contribution in [3.8, 4) is 0 Å². The molecule has 5 heteroatoms. The molecular weight excluding hydrogens is 245 g/mol. The third kappa shape index (κ3) is 3.28. The molecule has 3 N–H and O–H groups in total. The number of benzene rings is 1. The van der Waals surface area contributed by atoms with Gasteiger partial charge < -0.3 is 11.1 Å². The van der Waals surface area contributed by atoms with Gasteiger partial charge >= 0.3 is 0 Å². The van der Waals surface area contributed by atoms with Gasteiger partial charge in [-0.2, -0.15) is 0 Å². The lowest BCUT2D eigenvalue weighted by atomic mass is 10.1. The highest BCUT2D eigenvalue weighted by Gasteiger charge is 2.11. The number of hydrogen-bond donors (Lipinski definition) is 2. The first-order valence-electron chi connectivity index (χ1n) is 5.84. The lowest BCUT2D eigenvalue weighted by Gasteiger charge is -2.14. The normalized spacial score (nSPS) is 11.9. The number of pyridine rings is 1. The van der Waals surface area contributed by atoms with E-state index in [1.807, 2.05) is 6.92 Å². The van der Waals surface area contributed by atoms with Gasteiger partial charge in [-0.1, -0.05) is 12.1 Å². The van der Waals surface area contributed by atoms with Crippen molar-refractivity contribution in [3.05, 3.63) is 59.5 Å². The van der Waals surface area contributed by atoms with Crippen molar-refractivity contribution in [2.45, 2.75) is 13.0 Å². The minimum Gasteiger partial charge on any atom is -0.384 e. The number of amides is 1. The van der Waals surface area contributed by atoms with Gasteiger partial charge in [-0.05, 0) is 36.8 Å². The maximum atomic E-state index is 12.8.